The quantitative estimate of drug-likeness (QED) is 0.606. The fourth-order valence-electron chi connectivity index (χ4n) is 3.27. The third-order valence-corrected chi connectivity index (χ3v) is 4.81. The van der Waals surface area contributed by atoms with E-state index in [4.69, 9.17) is 4.74 Å². The van der Waals surface area contributed by atoms with Gasteiger partial charge in [-0.15, -0.1) is 5.10 Å². The molecule has 4 aromatic rings. The van der Waals surface area contributed by atoms with E-state index in [1.54, 1.807) is 25.7 Å². The van der Waals surface area contributed by atoms with Gasteiger partial charge in [-0.25, -0.2) is 19.5 Å². The molecule has 1 fully saturated rings. The zero-order valence-corrected chi connectivity index (χ0v) is 14.2. The topological polar surface area (TPSA) is 90.1 Å². The summed E-state index contributed by atoms with van der Waals surface area (Å²) in [7, 11) is 1.75. The first kappa shape index (κ1) is 15.2. The van der Waals surface area contributed by atoms with Crippen LogP contribution < -0.4 is 5.32 Å². The van der Waals surface area contributed by atoms with Crippen molar-refractivity contribution in [2.75, 3.05) is 12.4 Å². The van der Waals surface area contributed by atoms with Crippen molar-refractivity contribution in [2.24, 2.45) is 0 Å². The molecule has 0 bridgehead atoms. The van der Waals surface area contributed by atoms with Gasteiger partial charge in [0.25, 0.3) is 0 Å². The lowest BCUT2D eigenvalue weighted by atomic mass is 9.89. The van der Waals surface area contributed by atoms with Gasteiger partial charge in [0.05, 0.1) is 17.8 Å². The lowest BCUT2D eigenvalue weighted by Crippen LogP contribution is -2.40. The van der Waals surface area contributed by atoms with E-state index in [2.05, 4.69) is 30.4 Å². The third kappa shape index (κ3) is 2.55. The Morgan fingerprint density at radius 1 is 1.12 bits per heavy atom. The molecule has 0 saturated heterocycles. The Morgan fingerprint density at radius 2 is 2.00 bits per heavy atom. The number of aromatic nitrogens is 6. The highest BCUT2D eigenvalue weighted by molar-refractivity contribution is 5.84. The number of fused-ring (bicyclic) bond motifs is 2. The number of hydrogen-bond acceptors (Lipinski definition) is 7. The van der Waals surface area contributed by atoms with Gasteiger partial charge in [0.1, 0.15) is 5.52 Å². The fraction of sp³-hybridized carbons (Fsp3) is 0.278. The molecular formula is C18H17N7O. The molecule has 8 nitrogen and oxygen atoms in total. The molecule has 0 unspecified atom stereocenters. The van der Waals surface area contributed by atoms with Crippen molar-refractivity contribution in [3.8, 4) is 11.1 Å². The summed E-state index contributed by atoms with van der Waals surface area (Å²) in [5, 5.41) is 7.92. The Morgan fingerprint density at radius 3 is 2.88 bits per heavy atom. The van der Waals surface area contributed by atoms with Gasteiger partial charge < -0.3 is 10.1 Å². The second-order valence-electron chi connectivity index (χ2n) is 6.43. The first-order chi connectivity index (χ1) is 12.8. The molecular weight excluding hydrogens is 330 g/mol. The SMILES string of the molecule is CO[C@H]1C[C@@H](Nc2ncc3c(-c4cnc5nccnc5c4)ccn3n2)C1. The molecule has 4 heterocycles. The number of ether oxygens (including phenoxy) is 1. The summed E-state index contributed by atoms with van der Waals surface area (Å²) in [4.78, 5) is 17.4. The number of hydrogen-bond donors (Lipinski definition) is 1. The molecule has 5 rings (SSSR count). The first-order valence-corrected chi connectivity index (χ1v) is 8.51. The molecule has 8 heteroatoms. The third-order valence-electron chi connectivity index (χ3n) is 4.81. The number of nitrogens with zero attached hydrogens (tertiary/aromatic N) is 6. The van der Waals surface area contributed by atoms with Gasteiger partial charge in [0, 0.05) is 49.1 Å². The summed E-state index contributed by atoms with van der Waals surface area (Å²) in [5.41, 5.74) is 4.30. The number of nitrogens with one attached hydrogen (secondary N) is 1. The van der Waals surface area contributed by atoms with Gasteiger partial charge in [-0.1, -0.05) is 0 Å². The average molecular weight is 347 g/mol. The summed E-state index contributed by atoms with van der Waals surface area (Å²) in [6.45, 7) is 0. The van der Waals surface area contributed by atoms with Crippen LogP contribution in [-0.2, 0) is 4.74 Å². The maximum absolute atomic E-state index is 5.31. The number of rotatable bonds is 4. The summed E-state index contributed by atoms with van der Waals surface area (Å²) < 4.78 is 7.14. The molecule has 1 aliphatic carbocycles. The van der Waals surface area contributed by atoms with Gasteiger partial charge in [-0.05, 0) is 25.0 Å². The highest BCUT2D eigenvalue weighted by Crippen LogP contribution is 2.28. The molecule has 1 aliphatic rings. The molecule has 1 saturated carbocycles. The minimum atomic E-state index is 0.345. The van der Waals surface area contributed by atoms with E-state index in [1.165, 1.54) is 0 Å². The standard InChI is InChI=1S/C18H17N7O/c1-26-13-7-12(8-13)23-18-22-10-16-14(2-5-25(16)24-18)11-6-15-17(21-9-11)20-4-3-19-15/h2-6,9-10,12-13H,7-8H2,1H3,(H,23,24)/t12-,13+. The monoisotopic (exact) mass is 347 g/mol. The van der Waals surface area contributed by atoms with Gasteiger partial charge in [0.2, 0.25) is 5.95 Å². The van der Waals surface area contributed by atoms with Crippen molar-refractivity contribution in [3.05, 3.63) is 43.1 Å². The molecule has 1 N–H and O–H groups in total. The summed E-state index contributed by atoms with van der Waals surface area (Å²) in [6.07, 6.45) is 11.2. The number of methoxy groups -OCH3 is 1. The molecule has 0 radical (unpaired) electrons. The van der Waals surface area contributed by atoms with E-state index in [9.17, 15) is 0 Å². The van der Waals surface area contributed by atoms with E-state index in [0.29, 0.717) is 23.7 Å². The Hall–Kier alpha value is -3.13. The van der Waals surface area contributed by atoms with E-state index in [1.807, 2.05) is 29.0 Å². The van der Waals surface area contributed by atoms with E-state index in [0.717, 1.165) is 35.0 Å². The summed E-state index contributed by atoms with van der Waals surface area (Å²) >= 11 is 0. The molecule has 0 aromatic carbocycles. The molecule has 130 valence electrons. The van der Waals surface area contributed by atoms with Gasteiger partial charge in [0.15, 0.2) is 5.65 Å². The highest BCUT2D eigenvalue weighted by Gasteiger charge is 2.29. The van der Waals surface area contributed by atoms with Crippen LogP contribution in [0.5, 0.6) is 0 Å². The van der Waals surface area contributed by atoms with Crippen molar-refractivity contribution in [1.29, 1.82) is 0 Å². The van der Waals surface area contributed by atoms with Crippen LogP contribution in [0.1, 0.15) is 12.8 Å². The Kier molecular flexibility index (Phi) is 3.49. The van der Waals surface area contributed by atoms with E-state index < -0.39 is 0 Å². The largest absolute Gasteiger partial charge is 0.381 e. The Labute approximate surface area is 149 Å². The van der Waals surface area contributed by atoms with Crippen molar-refractivity contribution in [3.63, 3.8) is 0 Å². The highest BCUT2D eigenvalue weighted by atomic mass is 16.5. The van der Waals surface area contributed by atoms with Gasteiger partial charge in [-0.2, -0.15) is 0 Å². The van der Waals surface area contributed by atoms with Crippen LogP contribution in [0.2, 0.25) is 0 Å². The van der Waals surface area contributed by atoms with Crippen LogP contribution in [0.4, 0.5) is 5.95 Å². The van der Waals surface area contributed by atoms with E-state index >= 15 is 0 Å². The van der Waals surface area contributed by atoms with Crippen molar-refractivity contribution in [1.82, 2.24) is 29.5 Å². The van der Waals surface area contributed by atoms with Crippen LogP contribution in [0.3, 0.4) is 0 Å². The van der Waals surface area contributed by atoms with E-state index in [-0.39, 0.29) is 0 Å². The molecule has 26 heavy (non-hydrogen) atoms. The summed E-state index contributed by atoms with van der Waals surface area (Å²) in [6, 6.07) is 4.36. The molecule has 0 aliphatic heterocycles. The maximum Gasteiger partial charge on any atom is 0.241 e. The molecule has 0 atom stereocenters. The van der Waals surface area contributed by atoms with Crippen molar-refractivity contribution in [2.45, 2.75) is 25.0 Å². The predicted molar refractivity (Wildman–Crippen MR) is 96.8 cm³/mol. The second kappa shape index (κ2) is 5.99. The Bertz CT molecular complexity index is 1090. The Balaban J connectivity index is 1.45. The minimum absolute atomic E-state index is 0.345. The van der Waals surface area contributed by atoms with Crippen LogP contribution in [0, 0.1) is 0 Å². The molecule has 0 amide bonds. The van der Waals surface area contributed by atoms with Crippen LogP contribution >= 0.6 is 0 Å². The maximum atomic E-state index is 5.31. The van der Waals surface area contributed by atoms with Gasteiger partial charge in [-0.3, -0.25) is 4.98 Å². The first-order valence-electron chi connectivity index (χ1n) is 8.51. The van der Waals surface area contributed by atoms with Crippen LogP contribution in [0.15, 0.2) is 43.1 Å². The van der Waals surface area contributed by atoms with Crippen LogP contribution in [0.25, 0.3) is 27.8 Å². The fourth-order valence-corrected chi connectivity index (χ4v) is 3.27. The number of anilines is 1. The predicted octanol–water partition coefficient (Wildman–Crippen LogP) is 2.32. The van der Waals surface area contributed by atoms with Gasteiger partial charge >= 0.3 is 0 Å². The average Bonchev–Trinajstić information content (AvgIpc) is 3.07. The normalized spacial score (nSPS) is 19.6. The zero-order valence-electron chi connectivity index (χ0n) is 14.2. The lowest BCUT2D eigenvalue weighted by molar-refractivity contribution is 0.0326. The number of pyridine rings is 1. The summed E-state index contributed by atoms with van der Waals surface area (Å²) in [5.74, 6) is 0.627. The lowest BCUT2D eigenvalue weighted by Gasteiger charge is -2.34. The minimum Gasteiger partial charge on any atom is -0.381 e. The molecule has 4 aromatic heterocycles. The second-order valence-corrected chi connectivity index (χ2v) is 6.43. The zero-order chi connectivity index (χ0) is 17.5. The van der Waals surface area contributed by atoms with Crippen molar-refractivity contribution >= 4 is 22.6 Å². The smallest absolute Gasteiger partial charge is 0.241 e. The molecule has 0 spiro atoms. The van der Waals surface area contributed by atoms with Crippen LogP contribution in [-0.4, -0.2) is 48.8 Å². The van der Waals surface area contributed by atoms with Crippen molar-refractivity contribution < 1.29 is 4.74 Å².